The molecular formula is C13H16N4O3. The van der Waals surface area contributed by atoms with Gasteiger partial charge in [-0.2, -0.15) is 15.0 Å². The molecule has 0 aliphatic rings. The molecule has 0 fully saturated rings. The third-order valence-corrected chi connectivity index (χ3v) is 3.05. The van der Waals surface area contributed by atoms with Crippen LogP contribution < -0.4 is 10.9 Å². The van der Waals surface area contributed by atoms with Gasteiger partial charge >= 0.3 is 12.1 Å². The average molecular weight is 276 g/mol. The molecule has 0 saturated heterocycles. The molecule has 0 aliphatic carbocycles. The van der Waals surface area contributed by atoms with Crippen molar-refractivity contribution in [2.75, 3.05) is 11.6 Å². The maximum Gasteiger partial charge on any atom is 0.430 e. The molecule has 20 heavy (non-hydrogen) atoms. The third kappa shape index (κ3) is 2.35. The first-order valence-electron chi connectivity index (χ1n) is 6.14. The number of rotatable bonds is 2. The topological polar surface area (TPSA) is 102 Å². The van der Waals surface area contributed by atoms with Gasteiger partial charge in [0.2, 0.25) is 0 Å². The van der Waals surface area contributed by atoms with Gasteiger partial charge in [-0.15, -0.1) is 0 Å². The van der Waals surface area contributed by atoms with Crippen molar-refractivity contribution in [2.24, 2.45) is 5.84 Å². The molecule has 106 valence electrons. The summed E-state index contributed by atoms with van der Waals surface area (Å²) in [5, 5.41) is 11.0. The molecule has 1 aromatic carbocycles. The summed E-state index contributed by atoms with van der Waals surface area (Å²) in [6, 6.07) is 3.19. The van der Waals surface area contributed by atoms with E-state index in [9.17, 15) is 9.90 Å². The predicted molar refractivity (Wildman–Crippen MR) is 74.4 cm³/mol. The Morgan fingerprint density at radius 2 is 2.10 bits per heavy atom. The molecule has 7 nitrogen and oxygen atoms in total. The smallest absolute Gasteiger partial charge is 0.430 e. The lowest BCUT2D eigenvalue weighted by Gasteiger charge is -2.17. The Morgan fingerprint density at radius 3 is 2.75 bits per heavy atom. The molecule has 1 aromatic heterocycles. The van der Waals surface area contributed by atoms with Crippen LogP contribution in [0, 0.1) is 13.8 Å². The van der Waals surface area contributed by atoms with E-state index < -0.39 is 12.1 Å². The molecule has 7 heteroatoms. The first-order valence-corrected chi connectivity index (χ1v) is 6.14. The first kappa shape index (κ1) is 14.0. The van der Waals surface area contributed by atoms with Gasteiger partial charge in [0.05, 0.1) is 12.1 Å². The van der Waals surface area contributed by atoms with Gasteiger partial charge in [-0.25, -0.2) is 10.6 Å². The Labute approximate surface area is 116 Å². The second-order valence-corrected chi connectivity index (χ2v) is 4.32. The maximum absolute atomic E-state index is 11.7. The monoisotopic (exact) mass is 276 g/mol. The maximum atomic E-state index is 11.7. The van der Waals surface area contributed by atoms with Crippen molar-refractivity contribution in [3.05, 3.63) is 23.3 Å². The van der Waals surface area contributed by atoms with E-state index in [0.29, 0.717) is 10.9 Å². The highest BCUT2D eigenvalue weighted by Crippen LogP contribution is 2.28. The Morgan fingerprint density at radius 1 is 1.40 bits per heavy atom. The van der Waals surface area contributed by atoms with Crippen LogP contribution in [0.5, 0.6) is 6.01 Å². The van der Waals surface area contributed by atoms with Crippen molar-refractivity contribution < 1.29 is 14.6 Å². The fraction of sp³-hybridized carbons (Fsp3) is 0.308. The highest BCUT2D eigenvalue weighted by molar-refractivity contribution is 5.99. The van der Waals surface area contributed by atoms with Crippen molar-refractivity contribution in [3.63, 3.8) is 0 Å². The van der Waals surface area contributed by atoms with Gasteiger partial charge in [0, 0.05) is 5.39 Å². The van der Waals surface area contributed by atoms with E-state index in [4.69, 9.17) is 10.6 Å². The summed E-state index contributed by atoms with van der Waals surface area (Å²) >= 11 is 0. The molecule has 0 bridgehead atoms. The summed E-state index contributed by atoms with van der Waals surface area (Å²) < 4.78 is 4.82. The highest BCUT2D eigenvalue weighted by Gasteiger charge is 2.20. The fourth-order valence-corrected chi connectivity index (χ4v) is 1.87. The number of fused-ring (bicyclic) bond motifs is 1. The number of amides is 1. The zero-order valence-electron chi connectivity index (χ0n) is 11.5. The van der Waals surface area contributed by atoms with Gasteiger partial charge in [-0.3, -0.25) is 0 Å². The predicted octanol–water partition coefficient (Wildman–Crippen LogP) is 1.79. The molecule has 0 atom stereocenters. The lowest BCUT2D eigenvalue weighted by atomic mass is 10.1. The number of aromatic nitrogens is 2. The van der Waals surface area contributed by atoms with Crippen LogP contribution in [0.3, 0.4) is 0 Å². The van der Waals surface area contributed by atoms with E-state index in [-0.39, 0.29) is 12.4 Å². The number of hydrogen-bond acceptors (Lipinski definition) is 6. The number of aromatic hydroxyl groups is 1. The second-order valence-electron chi connectivity index (χ2n) is 4.32. The van der Waals surface area contributed by atoms with E-state index in [1.165, 1.54) is 0 Å². The van der Waals surface area contributed by atoms with E-state index in [0.717, 1.165) is 16.1 Å². The minimum atomic E-state index is -0.745. The lowest BCUT2D eigenvalue weighted by molar-refractivity contribution is 0.159. The average Bonchev–Trinajstić information content (AvgIpc) is 2.42. The van der Waals surface area contributed by atoms with E-state index in [1.54, 1.807) is 13.0 Å². The number of carbonyl (C=O) groups is 1. The van der Waals surface area contributed by atoms with Gasteiger partial charge in [0.25, 0.3) is 0 Å². The zero-order chi connectivity index (χ0) is 14.9. The number of carbonyl (C=O) groups excluding carboxylic acids is 1. The molecule has 0 aliphatic heterocycles. The summed E-state index contributed by atoms with van der Waals surface area (Å²) in [4.78, 5) is 19.5. The molecule has 1 heterocycles. The Hall–Kier alpha value is -2.41. The summed E-state index contributed by atoms with van der Waals surface area (Å²) in [5.41, 5.74) is 2.45. The quantitative estimate of drug-likeness (QED) is 0.492. The van der Waals surface area contributed by atoms with E-state index in [2.05, 4.69) is 9.97 Å². The minimum Gasteiger partial charge on any atom is -0.479 e. The van der Waals surface area contributed by atoms with Crippen molar-refractivity contribution in [1.29, 1.82) is 0 Å². The summed E-state index contributed by atoms with van der Waals surface area (Å²) in [5.74, 6) is 5.81. The van der Waals surface area contributed by atoms with Crippen LogP contribution in [0.25, 0.3) is 10.9 Å². The number of nitrogens with two attached hydrogens (primary N) is 1. The van der Waals surface area contributed by atoms with Crippen LogP contribution >= 0.6 is 0 Å². The van der Waals surface area contributed by atoms with Gasteiger partial charge in [-0.05, 0) is 38.0 Å². The Balaban J connectivity index is 2.64. The minimum absolute atomic E-state index is 0.106. The zero-order valence-corrected chi connectivity index (χ0v) is 11.5. The molecule has 0 unspecified atom stereocenters. The van der Waals surface area contributed by atoms with Gasteiger partial charge in [-0.1, -0.05) is 6.07 Å². The van der Waals surface area contributed by atoms with Crippen LogP contribution in [-0.4, -0.2) is 27.8 Å². The Bertz CT molecular complexity index is 672. The van der Waals surface area contributed by atoms with Crippen LogP contribution in [-0.2, 0) is 4.74 Å². The summed E-state index contributed by atoms with van der Waals surface area (Å²) in [7, 11) is 0. The first-order chi connectivity index (χ1) is 9.45. The van der Waals surface area contributed by atoms with E-state index >= 15 is 0 Å². The van der Waals surface area contributed by atoms with Crippen LogP contribution in [0.1, 0.15) is 18.1 Å². The molecule has 1 amide bonds. The molecule has 2 aromatic rings. The fourth-order valence-electron chi connectivity index (χ4n) is 1.87. The van der Waals surface area contributed by atoms with E-state index in [1.807, 2.05) is 19.9 Å². The van der Waals surface area contributed by atoms with Crippen molar-refractivity contribution >= 4 is 22.8 Å². The third-order valence-electron chi connectivity index (χ3n) is 3.05. The van der Waals surface area contributed by atoms with Gasteiger partial charge < -0.3 is 9.84 Å². The van der Waals surface area contributed by atoms with Crippen molar-refractivity contribution in [3.8, 4) is 6.01 Å². The second kappa shape index (κ2) is 5.30. The molecule has 0 spiro atoms. The van der Waals surface area contributed by atoms with Crippen molar-refractivity contribution in [2.45, 2.75) is 20.8 Å². The number of nitrogens with zero attached hydrogens (tertiary/aromatic N) is 3. The number of aryl methyl sites for hydroxylation is 2. The normalized spacial score (nSPS) is 10.6. The van der Waals surface area contributed by atoms with Crippen LogP contribution in [0.15, 0.2) is 12.1 Å². The number of anilines is 1. The van der Waals surface area contributed by atoms with Crippen LogP contribution in [0.4, 0.5) is 10.6 Å². The highest BCUT2D eigenvalue weighted by atomic mass is 16.6. The number of benzene rings is 1. The summed E-state index contributed by atoms with van der Waals surface area (Å²) in [6.45, 7) is 5.67. The lowest BCUT2D eigenvalue weighted by Crippen LogP contribution is -2.38. The molecule has 2 rings (SSSR count). The number of hydrogen-bond donors (Lipinski definition) is 2. The van der Waals surface area contributed by atoms with Crippen LogP contribution in [0.2, 0.25) is 0 Å². The largest absolute Gasteiger partial charge is 0.479 e. The SMILES string of the molecule is CCOC(=O)N(N)c1nc(O)nc2c(C)c(C)ccc12. The molecule has 0 radical (unpaired) electrons. The number of ether oxygens (including phenoxy) is 1. The summed E-state index contributed by atoms with van der Waals surface area (Å²) in [6.07, 6.45) is -0.745. The van der Waals surface area contributed by atoms with Gasteiger partial charge in [0.1, 0.15) is 0 Å². The van der Waals surface area contributed by atoms with Crippen molar-refractivity contribution in [1.82, 2.24) is 9.97 Å². The molecular weight excluding hydrogens is 260 g/mol. The Kier molecular flexibility index (Phi) is 3.71. The standard InChI is InChI=1S/C13H16N4O3/c1-4-20-13(19)17(14)11-9-6-5-7(2)8(3)10(9)15-12(18)16-11/h5-6H,4,14H2,1-3H3,(H,15,16,18). The number of hydrazine groups is 1. The molecule has 0 saturated carbocycles. The molecule has 3 N–H and O–H groups in total. The van der Waals surface area contributed by atoms with Gasteiger partial charge in [0.15, 0.2) is 5.82 Å².